The van der Waals surface area contributed by atoms with Crippen LogP contribution >= 0.6 is 15.9 Å². The van der Waals surface area contributed by atoms with E-state index < -0.39 is 0 Å². The molecule has 2 atom stereocenters. The fourth-order valence-electron chi connectivity index (χ4n) is 2.05. The highest BCUT2D eigenvalue weighted by molar-refractivity contribution is 9.10. The summed E-state index contributed by atoms with van der Waals surface area (Å²) in [6.45, 7) is 2.31. The molecule has 1 fully saturated rings. The molecular weight excluding hydrogens is 240 g/mol. The van der Waals surface area contributed by atoms with Crippen LogP contribution < -0.4 is 5.32 Å². The molecule has 0 amide bonds. The molecule has 0 aliphatic heterocycles. The Kier molecular flexibility index (Phi) is 3.06. The van der Waals surface area contributed by atoms with Crippen LogP contribution in [0.5, 0.6) is 0 Å². The minimum atomic E-state index is 0.621. The number of nitrogens with one attached hydrogen (secondary N) is 1. The van der Waals surface area contributed by atoms with Gasteiger partial charge >= 0.3 is 0 Å². The first kappa shape index (κ1) is 9.97. The first-order chi connectivity index (χ1) is 6.77. The third kappa shape index (κ3) is 2.08. The number of hydrogen-bond donors (Lipinski definition) is 1. The molecule has 1 saturated carbocycles. The monoisotopic (exact) mass is 254 g/mol. The quantitative estimate of drug-likeness (QED) is 0.819. The number of halogens is 1. The molecule has 14 heavy (non-hydrogen) atoms. The summed E-state index contributed by atoms with van der Waals surface area (Å²) in [6, 6.07) is 4.66. The van der Waals surface area contributed by atoms with Crippen molar-refractivity contribution in [1.29, 1.82) is 0 Å². The molecule has 0 bridgehead atoms. The number of rotatable bonds is 2. The molecule has 1 N–H and O–H groups in total. The van der Waals surface area contributed by atoms with Gasteiger partial charge in [-0.25, -0.2) is 4.98 Å². The Morgan fingerprint density at radius 2 is 2.36 bits per heavy atom. The summed E-state index contributed by atoms with van der Waals surface area (Å²) in [5, 5.41) is 3.55. The Balaban J connectivity index is 2.07. The number of nitrogens with zero attached hydrogens (tertiary/aromatic N) is 1. The molecule has 2 rings (SSSR count). The maximum absolute atomic E-state index is 4.20. The lowest BCUT2D eigenvalue weighted by atomic mass is 10.1. The number of hydrogen-bond acceptors (Lipinski definition) is 2. The summed E-state index contributed by atoms with van der Waals surface area (Å²) in [5.41, 5.74) is 1.12. The summed E-state index contributed by atoms with van der Waals surface area (Å²) in [7, 11) is 0. The summed E-state index contributed by atoms with van der Waals surface area (Å²) in [5.74, 6) is 0.780. The van der Waals surface area contributed by atoms with Crippen molar-refractivity contribution in [3.05, 3.63) is 22.9 Å². The van der Waals surface area contributed by atoms with Gasteiger partial charge in [0, 0.05) is 12.2 Å². The molecule has 1 aliphatic rings. The van der Waals surface area contributed by atoms with Crippen molar-refractivity contribution in [1.82, 2.24) is 4.98 Å². The van der Waals surface area contributed by atoms with E-state index in [0.29, 0.717) is 6.04 Å². The highest BCUT2D eigenvalue weighted by Gasteiger charge is 2.23. The SMILES string of the molecule is CC1CCCC1Nc1cccnc1Br. The molecule has 2 nitrogen and oxygen atoms in total. The van der Waals surface area contributed by atoms with Crippen molar-refractivity contribution in [2.75, 3.05) is 5.32 Å². The second-order valence-corrected chi connectivity index (χ2v) is 4.75. The molecule has 1 heterocycles. The van der Waals surface area contributed by atoms with Crippen molar-refractivity contribution in [3.8, 4) is 0 Å². The summed E-state index contributed by atoms with van der Waals surface area (Å²) in [6.07, 6.45) is 5.77. The van der Waals surface area contributed by atoms with Gasteiger partial charge in [-0.3, -0.25) is 0 Å². The van der Waals surface area contributed by atoms with Crippen molar-refractivity contribution in [2.45, 2.75) is 32.2 Å². The van der Waals surface area contributed by atoms with E-state index in [2.05, 4.69) is 39.2 Å². The zero-order valence-electron chi connectivity index (χ0n) is 8.33. The van der Waals surface area contributed by atoms with Gasteiger partial charge in [-0.15, -0.1) is 0 Å². The van der Waals surface area contributed by atoms with Crippen molar-refractivity contribution < 1.29 is 0 Å². The minimum Gasteiger partial charge on any atom is -0.380 e. The lowest BCUT2D eigenvalue weighted by molar-refractivity contribution is 0.556. The second kappa shape index (κ2) is 4.30. The van der Waals surface area contributed by atoms with Gasteiger partial charge in [0.1, 0.15) is 4.60 Å². The Labute approximate surface area is 93.3 Å². The molecule has 0 saturated heterocycles. The standard InChI is InChI=1S/C11H15BrN2/c1-8-4-2-5-9(8)14-10-6-3-7-13-11(10)12/h3,6-9,14H,2,4-5H2,1H3. The van der Waals surface area contributed by atoms with Crippen LogP contribution in [0.3, 0.4) is 0 Å². The van der Waals surface area contributed by atoms with E-state index in [9.17, 15) is 0 Å². The molecule has 1 aromatic rings. The highest BCUT2D eigenvalue weighted by atomic mass is 79.9. The van der Waals surface area contributed by atoms with E-state index in [1.807, 2.05) is 6.07 Å². The largest absolute Gasteiger partial charge is 0.380 e. The topological polar surface area (TPSA) is 24.9 Å². The average Bonchev–Trinajstić information content (AvgIpc) is 2.56. The number of aromatic nitrogens is 1. The maximum Gasteiger partial charge on any atom is 0.129 e. The van der Waals surface area contributed by atoms with Gasteiger partial charge in [0.25, 0.3) is 0 Å². The summed E-state index contributed by atoms with van der Waals surface area (Å²) >= 11 is 3.45. The third-order valence-electron chi connectivity index (χ3n) is 2.96. The fourth-order valence-corrected chi connectivity index (χ4v) is 2.42. The molecule has 1 aromatic heterocycles. The second-order valence-electron chi connectivity index (χ2n) is 4.00. The smallest absolute Gasteiger partial charge is 0.129 e. The average molecular weight is 255 g/mol. The number of anilines is 1. The van der Waals surface area contributed by atoms with E-state index in [1.54, 1.807) is 6.20 Å². The molecule has 3 heteroatoms. The van der Waals surface area contributed by atoms with Crippen molar-refractivity contribution in [2.24, 2.45) is 5.92 Å². The molecule has 0 spiro atoms. The van der Waals surface area contributed by atoms with E-state index in [4.69, 9.17) is 0 Å². The minimum absolute atomic E-state index is 0.621. The van der Waals surface area contributed by atoms with Crippen LogP contribution in [0.15, 0.2) is 22.9 Å². The van der Waals surface area contributed by atoms with E-state index in [-0.39, 0.29) is 0 Å². The predicted octanol–water partition coefficient (Wildman–Crippen LogP) is 3.44. The lowest BCUT2D eigenvalue weighted by Crippen LogP contribution is -2.22. The van der Waals surface area contributed by atoms with Gasteiger partial charge in [-0.1, -0.05) is 13.3 Å². The van der Waals surface area contributed by atoms with E-state index in [0.717, 1.165) is 16.2 Å². The molecule has 1 aliphatic carbocycles. The zero-order chi connectivity index (χ0) is 9.97. The maximum atomic E-state index is 4.20. The molecule has 2 unspecified atom stereocenters. The van der Waals surface area contributed by atoms with Crippen LogP contribution in [0, 0.1) is 5.92 Å². The predicted molar refractivity (Wildman–Crippen MR) is 62.4 cm³/mol. The van der Waals surface area contributed by atoms with Crippen LogP contribution in [0.25, 0.3) is 0 Å². The summed E-state index contributed by atoms with van der Waals surface area (Å²) in [4.78, 5) is 4.20. The zero-order valence-corrected chi connectivity index (χ0v) is 9.92. The van der Waals surface area contributed by atoms with Gasteiger partial charge in [0.2, 0.25) is 0 Å². The van der Waals surface area contributed by atoms with Crippen molar-refractivity contribution in [3.63, 3.8) is 0 Å². The Morgan fingerprint density at radius 3 is 3.00 bits per heavy atom. The van der Waals surface area contributed by atoms with Crippen LogP contribution in [0.4, 0.5) is 5.69 Å². The van der Waals surface area contributed by atoms with Crippen molar-refractivity contribution >= 4 is 21.6 Å². The van der Waals surface area contributed by atoms with Gasteiger partial charge in [0.05, 0.1) is 5.69 Å². The van der Waals surface area contributed by atoms with Gasteiger partial charge in [-0.05, 0) is 46.8 Å². The highest BCUT2D eigenvalue weighted by Crippen LogP contribution is 2.29. The Morgan fingerprint density at radius 1 is 1.50 bits per heavy atom. The van der Waals surface area contributed by atoms with Gasteiger partial charge in [-0.2, -0.15) is 0 Å². The van der Waals surface area contributed by atoms with Crippen LogP contribution in [0.1, 0.15) is 26.2 Å². The molecule has 76 valence electrons. The third-order valence-corrected chi connectivity index (χ3v) is 3.59. The Bertz CT molecular complexity index is 314. The molecular formula is C11H15BrN2. The van der Waals surface area contributed by atoms with Crippen LogP contribution in [-0.2, 0) is 0 Å². The van der Waals surface area contributed by atoms with Gasteiger partial charge in [0.15, 0.2) is 0 Å². The molecule has 0 aromatic carbocycles. The first-order valence-electron chi connectivity index (χ1n) is 5.14. The Hall–Kier alpha value is -0.570. The van der Waals surface area contributed by atoms with Crippen LogP contribution in [-0.4, -0.2) is 11.0 Å². The fraction of sp³-hybridized carbons (Fsp3) is 0.545. The molecule has 0 radical (unpaired) electrons. The lowest BCUT2D eigenvalue weighted by Gasteiger charge is -2.18. The van der Waals surface area contributed by atoms with E-state index >= 15 is 0 Å². The normalized spacial score (nSPS) is 26.4. The first-order valence-corrected chi connectivity index (χ1v) is 5.93. The van der Waals surface area contributed by atoms with Gasteiger partial charge < -0.3 is 5.32 Å². The van der Waals surface area contributed by atoms with Crippen LogP contribution in [0.2, 0.25) is 0 Å². The summed E-state index contributed by atoms with van der Waals surface area (Å²) < 4.78 is 0.916. The van der Waals surface area contributed by atoms with E-state index in [1.165, 1.54) is 19.3 Å². The number of pyridine rings is 1.